The monoisotopic (exact) mass is 296 g/mol. The first kappa shape index (κ1) is 13.1. The Morgan fingerprint density at radius 3 is 2.13 bits per heavy atom. The van der Waals surface area contributed by atoms with Crippen LogP contribution in [-0.2, 0) is 10.8 Å². The molecule has 0 radical (unpaired) electrons. The van der Waals surface area contributed by atoms with Crippen molar-refractivity contribution in [3.8, 4) is 0 Å². The Bertz CT molecular complexity index is 900. The fourth-order valence-electron chi connectivity index (χ4n) is 5.06. The van der Waals surface area contributed by atoms with Gasteiger partial charge >= 0.3 is 0 Å². The van der Waals surface area contributed by atoms with Crippen LogP contribution in [0.15, 0.2) is 84.9 Å². The highest BCUT2D eigenvalue weighted by atomic mass is 14.6. The fraction of sp³-hybridized carbons (Fsp3) is 0.217. The molecule has 3 aromatic carbocycles. The highest BCUT2D eigenvalue weighted by molar-refractivity contribution is 5.88. The van der Waals surface area contributed by atoms with E-state index in [-0.39, 0.29) is 10.8 Å². The van der Waals surface area contributed by atoms with Crippen molar-refractivity contribution in [1.82, 2.24) is 0 Å². The first-order chi connectivity index (χ1) is 11.4. The maximum atomic E-state index is 2.48. The van der Waals surface area contributed by atoms with E-state index in [0.29, 0.717) is 0 Å². The molecule has 0 aliphatic heterocycles. The topological polar surface area (TPSA) is 0 Å². The number of hydrogen-bond acceptors (Lipinski definition) is 0. The Morgan fingerprint density at radius 2 is 1.30 bits per heavy atom. The average molecular weight is 296 g/mol. The van der Waals surface area contributed by atoms with Crippen LogP contribution in [-0.4, -0.2) is 0 Å². The van der Waals surface area contributed by atoms with Crippen LogP contribution in [0.3, 0.4) is 0 Å². The Hall–Kier alpha value is -2.34. The molecule has 2 aliphatic rings. The minimum atomic E-state index is 0.176. The summed E-state index contributed by atoms with van der Waals surface area (Å²) in [6.07, 6.45) is 8.76. The lowest BCUT2D eigenvalue weighted by Crippen LogP contribution is -2.48. The molecule has 2 unspecified atom stereocenters. The second-order valence-corrected chi connectivity index (χ2v) is 7.02. The summed E-state index contributed by atoms with van der Waals surface area (Å²) in [7, 11) is 0. The highest BCUT2D eigenvalue weighted by Gasteiger charge is 2.59. The van der Waals surface area contributed by atoms with Crippen LogP contribution in [0.1, 0.15) is 30.4 Å². The van der Waals surface area contributed by atoms with Gasteiger partial charge in [0.1, 0.15) is 0 Å². The summed E-state index contributed by atoms with van der Waals surface area (Å²) >= 11 is 0. The summed E-state index contributed by atoms with van der Waals surface area (Å²) in [4.78, 5) is 0. The summed E-state index contributed by atoms with van der Waals surface area (Å²) in [5, 5.41) is 2.77. The Kier molecular flexibility index (Phi) is 2.61. The molecule has 0 N–H and O–H groups in total. The maximum absolute atomic E-state index is 2.48. The van der Waals surface area contributed by atoms with Crippen molar-refractivity contribution in [2.24, 2.45) is 0 Å². The van der Waals surface area contributed by atoms with Crippen molar-refractivity contribution >= 4 is 10.8 Å². The molecule has 0 bridgehead atoms. The smallest absolute Gasteiger partial charge is 0.0270 e. The lowest BCUT2D eigenvalue weighted by Gasteiger charge is -2.51. The molecule has 2 atom stereocenters. The molecule has 112 valence electrons. The van der Waals surface area contributed by atoms with Crippen molar-refractivity contribution in [1.29, 1.82) is 0 Å². The van der Waals surface area contributed by atoms with Crippen molar-refractivity contribution in [3.63, 3.8) is 0 Å². The van der Waals surface area contributed by atoms with E-state index >= 15 is 0 Å². The van der Waals surface area contributed by atoms with Crippen LogP contribution >= 0.6 is 0 Å². The molecule has 23 heavy (non-hydrogen) atoms. The fourth-order valence-corrected chi connectivity index (χ4v) is 5.06. The van der Waals surface area contributed by atoms with Gasteiger partial charge in [-0.15, -0.1) is 0 Å². The van der Waals surface area contributed by atoms with Crippen molar-refractivity contribution < 1.29 is 0 Å². The molecule has 0 saturated heterocycles. The van der Waals surface area contributed by atoms with Gasteiger partial charge in [-0.25, -0.2) is 0 Å². The lowest BCUT2D eigenvalue weighted by molar-refractivity contribution is 0.341. The molecular weight excluding hydrogens is 276 g/mol. The largest absolute Gasteiger partial charge is 0.0758 e. The zero-order valence-corrected chi connectivity index (χ0v) is 13.2. The Balaban J connectivity index is 1.77. The summed E-state index contributed by atoms with van der Waals surface area (Å²) < 4.78 is 0. The van der Waals surface area contributed by atoms with Gasteiger partial charge in [-0.3, -0.25) is 0 Å². The van der Waals surface area contributed by atoms with Gasteiger partial charge < -0.3 is 0 Å². The van der Waals surface area contributed by atoms with E-state index in [1.807, 2.05) is 0 Å². The van der Waals surface area contributed by atoms with Crippen LogP contribution in [0.5, 0.6) is 0 Å². The molecule has 0 heterocycles. The molecule has 0 spiro atoms. The predicted octanol–water partition coefficient (Wildman–Crippen LogP) is 5.77. The molecule has 2 aliphatic carbocycles. The second kappa shape index (κ2) is 4.58. The van der Waals surface area contributed by atoms with Crippen molar-refractivity contribution in [2.45, 2.75) is 30.1 Å². The zero-order valence-electron chi connectivity index (χ0n) is 13.2. The third kappa shape index (κ3) is 1.56. The van der Waals surface area contributed by atoms with Crippen LogP contribution in [0.25, 0.3) is 10.8 Å². The third-order valence-corrected chi connectivity index (χ3v) is 6.15. The molecule has 0 aromatic heterocycles. The number of allylic oxidation sites excluding steroid dienone is 2. The van der Waals surface area contributed by atoms with Gasteiger partial charge in [0.05, 0.1) is 0 Å². The summed E-state index contributed by atoms with van der Waals surface area (Å²) in [5.41, 5.74) is 3.36. The van der Waals surface area contributed by atoms with E-state index in [1.54, 1.807) is 0 Å². The Labute approximate surface area is 137 Å². The molecule has 0 nitrogen and oxygen atoms in total. The van der Waals surface area contributed by atoms with Crippen molar-refractivity contribution in [2.75, 3.05) is 0 Å². The third-order valence-electron chi connectivity index (χ3n) is 6.15. The van der Waals surface area contributed by atoms with Gasteiger partial charge in [-0.05, 0) is 34.7 Å². The molecule has 0 heteroatoms. The Morgan fingerprint density at radius 1 is 0.609 bits per heavy atom. The number of benzene rings is 3. The number of fused-ring (bicyclic) bond motifs is 2. The van der Waals surface area contributed by atoms with E-state index < -0.39 is 0 Å². The maximum Gasteiger partial charge on any atom is 0.0270 e. The quantitative estimate of drug-likeness (QED) is 0.527. The van der Waals surface area contributed by atoms with E-state index in [4.69, 9.17) is 0 Å². The minimum Gasteiger partial charge on any atom is -0.0758 e. The first-order valence-electron chi connectivity index (χ1n) is 8.60. The van der Waals surface area contributed by atoms with Gasteiger partial charge in [0.25, 0.3) is 0 Å². The standard InChI is InChI=1S/C23H20/c1-2-10-19(11-3-1)22-14-7-15-23(22,17-16-22)21-13-6-9-18-8-4-5-12-20(18)21/h1-6,8-13,16-17H,7,14-15H2. The molecule has 0 amide bonds. The molecule has 3 aromatic rings. The normalized spacial score (nSPS) is 28.5. The van der Waals surface area contributed by atoms with Crippen LogP contribution in [0.4, 0.5) is 0 Å². The summed E-state index contributed by atoms with van der Waals surface area (Å²) in [5.74, 6) is 0. The number of rotatable bonds is 2. The molecule has 5 rings (SSSR count). The molecule has 1 fully saturated rings. The average Bonchev–Trinajstić information content (AvgIpc) is 2.87. The van der Waals surface area contributed by atoms with Crippen LogP contribution in [0, 0.1) is 0 Å². The summed E-state index contributed by atoms with van der Waals surface area (Å²) in [6.45, 7) is 0. The van der Waals surface area contributed by atoms with E-state index in [9.17, 15) is 0 Å². The van der Waals surface area contributed by atoms with E-state index in [0.717, 1.165) is 0 Å². The van der Waals surface area contributed by atoms with Gasteiger partial charge in [-0.1, -0.05) is 91.4 Å². The van der Waals surface area contributed by atoms with Gasteiger partial charge in [0.2, 0.25) is 0 Å². The minimum absolute atomic E-state index is 0.176. The first-order valence-corrected chi connectivity index (χ1v) is 8.60. The van der Waals surface area contributed by atoms with Crippen molar-refractivity contribution in [3.05, 3.63) is 96.1 Å². The second-order valence-electron chi connectivity index (χ2n) is 7.02. The zero-order chi connectivity index (χ0) is 15.3. The molecular formula is C23H20. The SMILES string of the molecule is C1=CC2(c3cccc4ccccc34)CCCC12c1ccccc1. The highest BCUT2D eigenvalue weighted by Crippen LogP contribution is 2.63. The van der Waals surface area contributed by atoms with Crippen LogP contribution < -0.4 is 0 Å². The van der Waals surface area contributed by atoms with E-state index in [1.165, 1.54) is 41.2 Å². The predicted molar refractivity (Wildman–Crippen MR) is 96.7 cm³/mol. The van der Waals surface area contributed by atoms with Crippen LogP contribution in [0.2, 0.25) is 0 Å². The van der Waals surface area contributed by atoms with E-state index in [2.05, 4.69) is 84.9 Å². The number of hydrogen-bond donors (Lipinski definition) is 0. The molecule has 1 saturated carbocycles. The van der Waals surface area contributed by atoms with Gasteiger partial charge in [0.15, 0.2) is 0 Å². The van der Waals surface area contributed by atoms with Gasteiger partial charge in [-0.2, -0.15) is 0 Å². The lowest BCUT2D eigenvalue weighted by atomic mass is 9.51. The summed E-state index contributed by atoms with van der Waals surface area (Å²) in [6, 6.07) is 26.8. The van der Waals surface area contributed by atoms with Gasteiger partial charge in [0, 0.05) is 10.8 Å².